The lowest BCUT2D eigenvalue weighted by atomic mass is 10.2. The Morgan fingerprint density at radius 1 is 1.07 bits per heavy atom. The molecule has 0 bridgehead atoms. The molecular weight excluding hydrogens is 380 g/mol. The number of fused-ring (bicyclic) bond motifs is 1. The molecule has 146 valence electrons. The van der Waals surface area contributed by atoms with Crippen molar-refractivity contribution in [1.29, 1.82) is 0 Å². The molecule has 7 nitrogen and oxygen atoms in total. The molecule has 1 heterocycles. The molecular formula is C20H20N2O5S. The van der Waals surface area contributed by atoms with Crippen LogP contribution in [0.25, 0.3) is 0 Å². The van der Waals surface area contributed by atoms with Gasteiger partial charge < -0.3 is 20.1 Å². The number of ether oxygens (including phenoxy) is 2. The van der Waals surface area contributed by atoms with Crippen LogP contribution >= 0.6 is 11.8 Å². The Kier molecular flexibility index (Phi) is 6.91. The fourth-order valence-corrected chi connectivity index (χ4v) is 3.61. The molecule has 1 atom stereocenters. The molecule has 0 saturated carbocycles. The highest BCUT2D eigenvalue weighted by Gasteiger charge is 2.29. The predicted molar refractivity (Wildman–Crippen MR) is 105 cm³/mol. The van der Waals surface area contributed by atoms with Gasteiger partial charge in [-0.25, -0.2) is 0 Å². The van der Waals surface area contributed by atoms with E-state index in [0.717, 1.165) is 10.6 Å². The summed E-state index contributed by atoms with van der Waals surface area (Å²) < 4.78 is 10.4. The summed E-state index contributed by atoms with van der Waals surface area (Å²) in [6.07, 6.45) is -0.102. The minimum absolute atomic E-state index is 0.102. The van der Waals surface area contributed by atoms with E-state index in [1.54, 1.807) is 6.07 Å². The highest BCUT2D eigenvalue weighted by molar-refractivity contribution is 8.01. The number of amides is 2. The van der Waals surface area contributed by atoms with Crippen molar-refractivity contribution in [3.05, 3.63) is 54.6 Å². The largest absolute Gasteiger partial charge is 0.492 e. The van der Waals surface area contributed by atoms with Crippen molar-refractivity contribution in [2.75, 3.05) is 25.1 Å². The van der Waals surface area contributed by atoms with Crippen molar-refractivity contribution < 1.29 is 23.9 Å². The van der Waals surface area contributed by atoms with Crippen molar-refractivity contribution in [3.8, 4) is 5.75 Å². The Balaban J connectivity index is 1.34. The monoisotopic (exact) mass is 400 g/mol. The average molecular weight is 400 g/mol. The van der Waals surface area contributed by atoms with Crippen LogP contribution in [-0.2, 0) is 19.1 Å². The standard InChI is InChI=1S/C20H20N2O5S/c23-18(21-10-11-26-14-6-2-1-3-7-14)13-27-19(24)12-17-20(25)22-15-8-4-5-9-16(15)28-17/h1-9,17H,10-13H2,(H,21,23)(H,22,25)/t17-/m1/s1. The second kappa shape index (κ2) is 9.80. The van der Waals surface area contributed by atoms with Gasteiger partial charge in [0.1, 0.15) is 12.4 Å². The normalized spacial score (nSPS) is 15.1. The second-order valence-electron chi connectivity index (χ2n) is 5.97. The zero-order valence-corrected chi connectivity index (χ0v) is 15.9. The van der Waals surface area contributed by atoms with Crippen LogP contribution in [-0.4, -0.2) is 42.8 Å². The van der Waals surface area contributed by atoms with Gasteiger partial charge in [-0.1, -0.05) is 30.3 Å². The number of hydrogen-bond donors (Lipinski definition) is 2. The first-order valence-electron chi connectivity index (χ1n) is 8.78. The van der Waals surface area contributed by atoms with Crippen molar-refractivity contribution >= 4 is 35.2 Å². The number of rotatable bonds is 8. The number of carbonyl (C=O) groups excluding carboxylic acids is 3. The quantitative estimate of drug-likeness (QED) is 0.521. The molecule has 2 aromatic rings. The molecule has 0 saturated heterocycles. The maximum atomic E-state index is 12.1. The van der Waals surface area contributed by atoms with Crippen LogP contribution in [0.1, 0.15) is 6.42 Å². The van der Waals surface area contributed by atoms with Crippen LogP contribution in [0.15, 0.2) is 59.5 Å². The minimum Gasteiger partial charge on any atom is -0.492 e. The smallest absolute Gasteiger partial charge is 0.307 e. The van der Waals surface area contributed by atoms with Gasteiger partial charge in [-0.15, -0.1) is 11.8 Å². The Hall–Kier alpha value is -3.00. The lowest BCUT2D eigenvalue weighted by Gasteiger charge is -2.23. The second-order valence-corrected chi connectivity index (χ2v) is 7.21. The van der Waals surface area contributed by atoms with Gasteiger partial charge in [0.05, 0.1) is 23.9 Å². The number of anilines is 1. The van der Waals surface area contributed by atoms with Gasteiger partial charge in [0.15, 0.2) is 6.61 Å². The Morgan fingerprint density at radius 2 is 1.82 bits per heavy atom. The van der Waals surface area contributed by atoms with Crippen molar-refractivity contribution in [2.24, 2.45) is 0 Å². The van der Waals surface area contributed by atoms with Crippen LogP contribution in [0.3, 0.4) is 0 Å². The first-order valence-corrected chi connectivity index (χ1v) is 9.66. The molecule has 2 amide bonds. The molecule has 8 heteroatoms. The maximum Gasteiger partial charge on any atom is 0.307 e. The van der Waals surface area contributed by atoms with Gasteiger partial charge in [0.25, 0.3) is 5.91 Å². The van der Waals surface area contributed by atoms with E-state index < -0.39 is 17.1 Å². The van der Waals surface area contributed by atoms with Gasteiger partial charge in [0.2, 0.25) is 5.91 Å². The van der Waals surface area contributed by atoms with E-state index in [2.05, 4.69) is 10.6 Å². The molecule has 2 aromatic carbocycles. The van der Waals surface area contributed by atoms with Crippen LogP contribution in [0.5, 0.6) is 5.75 Å². The lowest BCUT2D eigenvalue weighted by molar-refractivity contribution is -0.149. The topological polar surface area (TPSA) is 93.7 Å². The summed E-state index contributed by atoms with van der Waals surface area (Å²) in [4.78, 5) is 36.7. The van der Waals surface area contributed by atoms with Gasteiger partial charge in [-0.2, -0.15) is 0 Å². The molecule has 0 radical (unpaired) electrons. The molecule has 3 rings (SSSR count). The fourth-order valence-electron chi connectivity index (χ4n) is 2.51. The van der Waals surface area contributed by atoms with Crippen LogP contribution in [0, 0.1) is 0 Å². The first-order chi connectivity index (χ1) is 13.6. The fraction of sp³-hybridized carbons (Fsp3) is 0.250. The van der Waals surface area contributed by atoms with E-state index in [0.29, 0.717) is 18.9 Å². The van der Waals surface area contributed by atoms with E-state index in [9.17, 15) is 14.4 Å². The van der Waals surface area contributed by atoms with E-state index in [4.69, 9.17) is 9.47 Å². The lowest BCUT2D eigenvalue weighted by Crippen LogP contribution is -2.34. The highest BCUT2D eigenvalue weighted by atomic mass is 32.2. The van der Waals surface area contributed by atoms with Gasteiger partial charge in [-0.3, -0.25) is 14.4 Å². The number of hydrogen-bond acceptors (Lipinski definition) is 6. The first kappa shape index (κ1) is 19.8. The van der Waals surface area contributed by atoms with E-state index in [1.165, 1.54) is 11.8 Å². The number of carbonyl (C=O) groups is 3. The van der Waals surface area contributed by atoms with Crippen molar-refractivity contribution in [1.82, 2.24) is 5.32 Å². The summed E-state index contributed by atoms with van der Waals surface area (Å²) in [5.41, 5.74) is 0.735. The molecule has 0 aliphatic carbocycles. The molecule has 2 N–H and O–H groups in total. The highest BCUT2D eigenvalue weighted by Crippen LogP contribution is 2.36. The Morgan fingerprint density at radius 3 is 2.64 bits per heavy atom. The minimum atomic E-state index is -0.595. The third kappa shape index (κ3) is 5.75. The Labute approximate surface area is 166 Å². The zero-order chi connectivity index (χ0) is 19.8. The van der Waals surface area contributed by atoms with Gasteiger partial charge in [-0.05, 0) is 24.3 Å². The van der Waals surface area contributed by atoms with Crippen molar-refractivity contribution in [3.63, 3.8) is 0 Å². The third-order valence-electron chi connectivity index (χ3n) is 3.86. The van der Waals surface area contributed by atoms with Gasteiger partial charge in [0, 0.05) is 4.90 Å². The molecule has 0 aromatic heterocycles. The van der Waals surface area contributed by atoms with Gasteiger partial charge >= 0.3 is 5.97 Å². The number of thioether (sulfide) groups is 1. The molecule has 0 unspecified atom stereocenters. The summed E-state index contributed by atoms with van der Waals surface area (Å²) in [6.45, 7) is 0.213. The number of benzene rings is 2. The van der Waals surface area contributed by atoms with E-state index in [-0.39, 0.29) is 18.9 Å². The summed E-state index contributed by atoms with van der Waals surface area (Å²) >= 11 is 1.31. The predicted octanol–water partition coefficient (Wildman–Crippen LogP) is 2.23. The molecule has 0 spiro atoms. The average Bonchev–Trinajstić information content (AvgIpc) is 2.71. The summed E-state index contributed by atoms with van der Waals surface area (Å²) in [5.74, 6) is -0.546. The Bertz CT molecular complexity index is 843. The van der Waals surface area contributed by atoms with E-state index in [1.807, 2.05) is 48.5 Å². The zero-order valence-electron chi connectivity index (χ0n) is 15.1. The summed E-state index contributed by atoms with van der Waals surface area (Å²) in [6, 6.07) is 16.6. The van der Waals surface area contributed by atoms with Crippen LogP contribution in [0.2, 0.25) is 0 Å². The molecule has 1 aliphatic rings. The summed E-state index contributed by atoms with van der Waals surface area (Å²) in [5, 5.41) is 4.80. The molecule has 28 heavy (non-hydrogen) atoms. The third-order valence-corrected chi connectivity index (χ3v) is 5.13. The number of nitrogens with one attached hydrogen (secondary N) is 2. The maximum absolute atomic E-state index is 12.1. The SMILES string of the molecule is O=C(COC(=O)C[C@H]1Sc2ccccc2NC1=O)NCCOc1ccccc1. The number of esters is 1. The summed E-state index contributed by atoms with van der Waals surface area (Å²) in [7, 11) is 0. The van der Waals surface area contributed by atoms with Crippen LogP contribution in [0.4, 0.5) is 5.69 Å². The molecule has 1 aliphatic heterocycles. The van der Waals surface area contributed by atoms with E-state index >= 15 is 0 Å². The van der Waals surface area contributed by atoms with Crippen molar-refractivity contribution in [2.45, 2.75) is 16.6 Å². The number of para-hydroxylation sites is 2. The van der Waals surface area contributed by atoms with Crippen LogP contribution < -0.4 is 15.4 Å². The molecule has 0 fully saturated rings.